The highest BCUT2D eigenvalue weighted by Crippen LogP contribution is 2.25. The normalized spacial score (nSPS) is 12.6. The minimum Gasteiger partial charge on any atom is -0.508 e. The molecule has 0 aliphatic heterocycles. The highest BCUT2D eigenvalue weighted by molar-refractivity contribution is 5.30. The highest BCUT2D eigenvalue weighted by atomic mass is 16.3. The summed E-state index contributed by atoms with van der Waals surface area (Å²) < 4.78 is 0. The number of hydrogen-bond acceptors (Lipinski definition) is 3. The summed E-state index contributed by atoms with van der Waals surface area (Å²) in [7, 11) is 0. The van der Waals surface area contributed by atoms with E-state index >= 15 is 0 Å². The minimum atomic E-state index is 0.316. The van der Waals surface area contributed by atoms with Crippen LogP contribution in [0.4, 0.5) is 0 Å². The van der Waals surface area contributed by atoms with Crippen molar-refractivity contribution in [3.63, 3.8) is 0 Å². The third-order valence-corrected chi connectivity index (χ3v) is 2.75. The van der Waals surface area contributed by atoms with Crippen molar-refractivity contribution in [2.45, 2.75) is 25.7 Å². The maximum atomic E-state index is 9.45. The fraction of sp³-hybridized carbons (Fsp3) is 0.333. The average Bonchev–Trinajstić information content (AvgIpc) is 2.78. The maximum absolute atomic E-state index is 9.45. The van der Waals surface area contributed by atoms with Gasteiger partial charge < -0.3 is 5.11 Å². The summed E-state index contributed by atoms with van der Waals surface area (Å²) in [5.41, 5.74) is 2.10. The van der Waals surface area contributed by atoms with Gasteiger partial charge in [0.05, 0.1) is 11.9 Å². The van der Waals surface area contributed by atoms with Crippen LogP contribution in [-0.4, -0.2) is 20.5 Å². The van der Waals surface area contributed by atoms with Crippen molar-refractivity contribution in [2.75, 3.05) is 0 Å². The molecule has 0 aliphatic carbocycles. The van der Waals surface area contributed by atoms with Gasteiger partial charge in [-0.3, -0.25) is 0 Å². The number of phenols is 1. The molecule has 84 valence electrons. The Bertz CT molecular complexity index is 439. The predicted molar refractivity (Wildman–Crippen MR) is 61.2 cm³/mol. The van der Waals surface area contributed by atoms with Crippen LogP contribution in [0.3, 0.4) is 0 Å². The number of nitrogens with one attached hydrogen (secondary N) is 1. The van der Waals surface area contributed by atoms with Gasteiger partial charge in [-0.2, -0.15) is 15.4 Å². The fourth-order valence-electron chi connectivity index (χ4n) is 1.85. The lowest BCUT2D eigenvalue weighted by Gasteiger charge is -2.13. The molecule has 2 aromatic rings. The Morgan fingerprint density at radius 2 is 2.31 bits per heavy atom. The number of nitrogens with zero attached hydrogens (tertiary/aromatic N) is 2. The predicted octanol–water partition coefficient (Wildman–Crippen LogP) is 2.25. The number of rotatable bonds is 4. The molecule has 1 atom stereocenters. The first-order valence-electron chi connectivity index (χ1n) is 5.43. The molecule has 4 heteroatoms. The molecule has 0 saturated carbocycles. The van der Waals surface area contributed by atoms with Gasteiger partial charge in [0.15, 0.2) is 0 Å². The van der Waals surface area contributed by atoms with E-state index in [2.05, 4.69) is 22.3 Å². The zero-order valence-electron chi connectivity index (χ0n) is 9.22. The van der Waals surface area contributed by atoms with Crippen LogP contribution < -0.4 is 0 Å². The molecule has 0 radical (unpaired) electrons. The van der Waals surface area contributed by atoms with E-state index in [9.17, 15) is 5.11 Å². The number of aromatic hydroxyl groups is 1. The van der Waals surface area contributed by atoms with Crippen molar-refractivity contribution in [1.82, 2.24) is 15.4 Å². The molecule has 2 N–H and O–H groups in total. The van der Waals surface area contributed by atoms with Crippen LogP contribution >= 0.6 is 0 Å². The average molecular weight is 217 g/mol. The standard InChI is InChI=1S/C12H15N3O/c1-2-9(6-11-8-13-15-14-11)10-4-3-5-12(16)7-10/h3-5,7-9,16H,2,6H2,1H3,(H,13,14,15). The lowest BCUT2D eigenvalue weighted by molar-refractivity contribution is 0.473. The van der Waals surface area contributed by atoms with Crippen LogP contribution in [0.2, 0.25) is 0 Å². The molecule has 0 fully saturated rings. The van der Waals surface area contributed by atoms with Crippen LogP contribution in [0.15, 0.2) is 30.5 Å². The third kappa shape index (κ3) is 2.39. The van der Waals surface area contributed by atoms with E-state index in [1.165, 1.54) is 0 Å². The van der Waals surface area contributed by atoms with Gasteiger partial charge in [-0.1, -0.05) is 19.1 Å². The summed E-state index contributed by atoms with van der Waals surface area (Å²) in [4.78, 5) is 0. The lowest BCUT2D eigenvalue weighted by atomic mass is 9.92. The molecule has 16 heavy (non-hydrogen) atoms. The Morgan fingerprint density at radius 3 is 2.94 bits per heavy atom. The minimum absolute atomic E-state index is 0.316. The zero-order chi connectivity index (χ0) is 11.4. The number of hydrogen-bond donors (Lipinski definition) is 2. The number of aromatic amines is 1. The molecule has 1 aromatic heterocycles. The Labute approximate surface area is 94.3 Å². The van der Waals surface area contributed by atoms with Gasteiger partial charge in [-0.05, 0) is 36.5 Å². The number of H-pyrrole nitrogens is 1. The molecular formula is C12H15N3O. The molecule has 0 saturated heterocycles. The molecule has 0 amide bonds. The first-order chi connectivity index (χ1) is 7.79. The Morgan fingerprint density at radius 1 is 1.44 bits per heavy atom. The molecule has 0 bridgehead atoms. The molecule has 0 spiro atoms. The SMILES string of the molecule is CCC(Cc1cn[nH]n1)c1cccc(O)c1. The second kappa shape index (κ2) is 4.79. The second-order valence-electron chi connectivity index (χ2n) is 3.87. The third-order valence-electron chi connectivity index (χ3n) is 2.75. The van der Waals surface area contributed by atoms with E-state index in [1.807, 2.05) is 18.2 Å². The molecule has 0 aliphatic rings. The van der Waals surface area contributed by atoms with E-state index in [0.717, 1.165) is 24.1 Å². The molecule has 1 aromatic carbocycles. The van der Waals surface area contributed by atoms with Gasteiger partial charge in [-0.25, -0.2) is 0 Å². The summed E-state index contributed by atoms with van der Waals surface area (Å²) in [6, 6.07) is 7.41. The Kier molecular flexibility index (Phi) is 3.19. The summed E-state index contributed by atoms with van der Waals surface area (Å²) in [6.45, 7) is 2.13. The van der Waals surface area contributed by atoms with Gasteiger partial charge >= 0.3 is 0 Å². The topological polar surface area (TPSA) is 61.8 Å². The summed E-state index contributed by atoms with van der Waals surface area (Å²) in [5, 5.41) is 19.9. The number of benzene rings is 1. The van der Waals surface area contributed by atoms with Gasteiger partial charge in [0.25, 0.3) is 0 Å². The van der Waals surface area contributed by atoms with E-state index in [1.54, 1.807) is 12.3 Å². The van der Waals surface area contributed by atoms with Crippen LogP contribution in [0.1, 0.15) is 30.5 Å². The second-order valence-corrected chi connectivity index (χ2v) is 3.87. The monoisotopic (exact) mass is 217 g/mol. The number of aromatic nitrogens is 3. The summed E-state index contributed by atoms with van der Waals surface area (Å²) >= 11 is 0. The Hall–Kier alpha value is -1.84. The van der Waals surface area contributed by atoms with E-state index in [0.29, 0.717) is 11.7 Å². The first kappa shape index (κ1) is 10.7. The zero-order valence-corrected chi connectivity index (χ0v) is 9.22. The molecule has 2 rings (SSSR count). The smallest absolute Gasteiger partial charge is 0.115 e. The van der Waals surface area contributed by atoms with Crippen molar-refractivity contribution in [3.8, 4) is 5.75 Å². The van der Waals surface area contributed by atoms with Gasteiger partial charge in [-0.15, -0.1) is 0 Å². The fourth-order valence-corrected chi connectivity index (χ4v) is 1.85. The van der Waals surface area contributed by atoms with Crippen molar-refractivity contribution in [3.05, 3.63) is 41.7 Å². The van der Waals surface area contributed by atoms with Crippen molar-refractivity contribution >= 4 is 0 Å². The number of phenolic OH excluding ortho intramolecular Hbond substituents is 1. The van der Waals surface area contributed by atoms with E-state index < -0.39 is 0 Å². The molecule has 1 heterocycles. The molecular weight excluding hydrogens is 202 g/mol. The lowest BCUT2D eigenvalue weighted by Crippen LogP contribution is -2.02. The van der Waals surface area contributed by atoms with Crippen LogP contribution in [0.25, 0.3) is 0 Å². The summed E-state index contributed by atoms with van der Waals surface area (Å²) in [5.74, 6) is 0.688. The van der Waals surface area contributed by atoms with Gasteiger partial charge in [0.1, 0.15) is 5.75 Å². The summed E-state index contributed by atoms with van der Waals surface area (Å²) in [6.07, 6.45) is 3.60. The van der Waals surface area contributed by atoms with Crippen molar-refractivity contribution in [1.29, 1.82) is 0 Å². The largest absolute Gasteiger partial charge is 0.508 e. The van der Waals surface area contributed by atoms with E-state index in [4.69, 9.17) is 0 Å². The van der Waals surface area contributed by atoms with Gasteiger partial charge in [0.2, 0.25) is 0 Å². The van der Waals surface area contributed by atoms with Crippen LogP contribution in [0.5, 0.6) is 5.75 Å². The Balaban J connectivity index is 2.16. The van der Waals surface area contributed by atoms with Crippen LogP contribution in [-0.2, 0) is 6.42 Å². The first-order valence-corrected chi connectivity index (χ1v) is 5.43. The maximum Gasteiger partial charge on any atom is 0.115 e. The van der Waals surface area contributed by atoms with E-state index in [-0.39, 0.29) is 0 Å². The quantitative estimate of drug-likeness (QED) is 0.825. The van der Waals surface area contributed by atoms with Crippen LogP contribution in [0, 0.1) is 0 Å². The van der Waals surface area contributed by atoms with Crippen molar-refractivity contribution < 1.29 is 5.11 Å². The highest BCUT2D eigenvalue weighted by Gasteiger charge is 2.12. The van der Waals surface area contributed by atoms with Crippen molar-refractivity contribution in [2.24, 2.45) is 0 Å². The van der Waals surface area contributed by atoms with Gasteiger partial charge in [0, 0.05) is 0 Å². The molecule has 1 unspecified atom stereocenters. The molecule has 4 nitrogen and oxygen atoms in total.